The lowest BCUT2D eigenvalue weighted by atomic mass is 9.91. The zero-order valence-electron chi connectivity index (χ0n) is 18.7. The van der Waals surface area contributed by atoms with Crippen molar-refractivity contribution in [2.75, 3.05) is 17.2 Å². The normalized spacial score (nSPS) is 19.4. The zero-order valence-corrected chi connectivity index (χ0v) is 19.5. The van der Waals surface area contributed by atoms with Crippen LogP contribution in [0.5, 0.6) is 0 Å². The molecule has 3 N–H and O–H groups in total. The van der Waals surface area contributed by atoms with Gasteiger partial charge in [0.05, 0.1) is 23.6 Å². The summed E-state index contributed by atoms with van der Waals surface area (Å²) in [6.45, 7) is 0.696. The van der Waals surface area contributed by atoms with Crippen molar-refractivity contribution >= 4 is 39.8 Å². The van der Waals surface area contributed by atoms with Gasteiger partial charge in [0.2, 0.25) is 11.9 Å². The van der Waals surface area contributed by atoms with E-state index in [2.05, 4.69) is 36.1 Å². The molecule has 2 fully saturated rings. The van der Waals surface area contributed by atoms with Crippen LogP contribution in [0.25, 0.3) is 0 Å². The summed E-state index contributed by atoms with van der Waals surface area (Å²) >= 11 is 1.55. The van der Waals surface area contributed by atoms with Crippen molar-refractivity contribution in [2.45, 2.75) is 51.0 Å². The van der Waals surface area contributed by atoms with Crippen LogP contribution in [0.4, 0.5) is 16.6 Å². The Labute approximate surface area is 200 Å². The fraction of sp³-hybridized carbons (Fsp3) is 0.478. The molecule has 0 aliphatic heterocycles. The average molecular weight is 479 g/mol. The maximum absolute atomic E-state index is 13.3. The molecule has 1 unspecified atom stereocenters. The lowest BCUT2D eigenvalue weighted by Crippen LogP contribution is -2.28. The molecule has 10 nitrogen and oxygen atoms in total. The Morgan fingerprint density at radius 2 is 1.94 bits per heavy atom. The maximum atomic E-state index is 13.3. The highest BCUT2D eigenvalue weighted by atomic mass is 32.1. The third-order valence-electron chi connectivity index (χ3n) is 6.68. The molecule has 11 heteroatoms. The van der Waals surface area contributed by atoms with Crippen molar-refractivity contribution in [3.63, 3.8) is 0 Å². The summed E-state index contributed by atoms with van der Waals surface area (Å²) in [4.78, 5) is 35.1. The van der Waals surface area contributed by atoms with Crippen LogP contribution in [0, 0.1) is 11.8 Å². The third kappa shape index (κ3) is 4.39. The summed E-state index contributed by atoms with van der Waals surface area (Å²) < 4.78 is 2.02. The van der Waals surface area contributed by atoms with Crippen LogP contribution >= 0.6 is 11.3 Å². The average Bonchev–Trinajstić information content (AvgIpc) is 3.77. The fourth-order valence-electron chi connectivity index (χ4n) is 4.43. The van der Waals surface area contributed by atoms with Gasteiger partial charge < -0.3 is 16.0 Å². The van der Waals surface area contributed by atoms with Crippen molar-refractivity contribution in [3.8, 4) is 0 Å². The van der Waals surface area contributed by atoms with Crippen molar-refractivity contribution in [2.24, 2.45) is 11.8 Å². The second-order valence-electron chi connectivity index (χ2n) is 9.34. The minimum Gasteiger partial charge on any atom is -0.352 e. The van der Waals surface area contributed by atoms with E-state index in [9.17, 15) is 9.59 Å². The van der Waals surface area contributed by atoms with Gasteiger partial charge in [0.15, 0.2) is 0 Å². The lowest BCUT2D eigenvalue weighted by molar-refractivity contribution is -0.117. The monoisotopic (exact) mass is 478 g/mol. The number of nitrogens with zero attached hydrogens (tertiary/aromatic N) is 5. The number of hydrogen-bond acceptors (Lipinski definition) is 8. The van der Waals surface area contributed by atoms with Gasteiger partial charge in [0.25, 0.3) is 5.91 Å². The minimum absolute atomic E-state index is 0.0294. The van der Waals surface area contributed by atoms with Gasteiger partial charge in [-0.2, -0.15) is 0 Å². The van der Waals surface area contributed by atoms with E-state index in [1.54, 1.807) is 30.1 Å². The number of amides is 2. The Balaban J connectivity index is 1.27. The molecule has 2 amide bonds. The number of fused-ring (bicyclic) bond motifs is 1. The van der Waals surface area contributed by atoms with E-state index in [-0.39, 0.29) is 23.8 Å². The molecule has 176 valence electrons. The third-order valence-corrected chi connectivity index (χ3v) is 7.89. The zero-order chi connectivity index (χ0) is 23.1. The number of anilines is 3. The number of aryl methyl sites for hydroxylation is 1. The van der Waals surface area contributed by atoms with Gasteiger partial charge in [-0.05, 0) is 56.4 Å². The molecule has 0 radical (unpaired) electrons. The Hall–Kier alpha value is -3.34. The Morgan fingerprint density at radius 1 is 1.12 bits per heavy atom. The Bertz CT molecular complexity index is 1220. The maximum Gasteiger partial charge on any atom is 0.254 e. The molecular weight excluding hydrogens is 452 g/mol. The number of thiophene rings is 1. The predicted octanol–water partition coefficient (Wildman–Crippen LogP) is 3.09. The number of aromatic nitrogens is 5. The molecule has 0 aromatic carbocycles. The first-order valence-electron chi connectivity index (χ1n) is 11.8. The van der Waals surface area contributed by atoms with Gasteiger partial charge in [-0.1, -0.05) is 0 Å². The molecule has 0 saturated heterocycles. The number of hydrogen-bond donors (Lipinski definition) is 3. The molecule has 3 aliphatic rings. The molecule has 34 heavy (non-hydrogen) atoms. The second kappa shape index (κ2) is 8.79. The number of carbonyl (C=O) groups excluding carboxylic acids is 2. The largest absolute Gasteiger partial charge is 0.352 e. The second-order valence-corrected chi connectivity index (χ2v) is 10.4. The van der Waals surface area contributed by atoms with Gasteiger partial charge in [-0.15, -0.1) is 21.5 Å². The van der Waals surface area contributed by atoms with E-state index in [1.165, 1.54) is 24.0 Å². The first-order valence-corrected chi connectivity index (χ1v) is 12.6. The van der Waals surface area contributed by atoms with Crippen LogP contribution < -0.4 is 16.0 Å². The van der Waals surface area contributed by atoms with Crippen LogP contribution in [0.15, 0.2) is 25.0 Å². The summed E-state index contributed by atoms with van der Waals surface area (Å²) in [7, 11) is 0. The molecule has 0 bridgehead atoms. The number of nitrogens with one attached hydrogen (secondary N) is 3. The van der Waals surface area contributed by atoms with Gasteiger partial charge in [-0.25, -0.2) is 9.97 Å². The lowest BCUT2D eigenvalue weighted by Gasteiger charge is -2.25. The highest BCUT2D eigenvalue weighted by Gasteiger charge is 2.35. The highest BCUT2D eigenvalue weighted by molar-refractivity contribution is 7.17. The topological polar surface area (TPSA) is 127 Å². The van der Waals surface area contributed by atoms with E-state index in [0.29, 0.717) is 35.4 Å². The number of rotatable bonds is 8. The van der Waals surface area contributed by atoms with E-state index in [1.807, 2.05) is 4.57 Å². The van der Waals surface area contributed by atoms with E-state index < -0.39 is 0 Å². The minimum atomic E-state index is -0.0836. The molecular formula is C23H26N8O2S. The van der Waals surface area contributed by atoms with E-state index in [0.717, 1.165) is 36.9 Å². The van der Waals surface area contributed by atoms with Gasteiger partial charge in [0, 0.05) is 23.4 Å². The van der Waals surface area contributed by atoms with Crippen LogP contribution in [0.2, 0.25) is 0 Å². The van der Waals surface area contributed by atoms with Gasteiger partial charge in [-0.3, -0.25) is 14.2 Å². The number of carbonyl (C=O) groups is 2. The van der Waals surface area contributed by atoms with Crippen LogP contribution in [-0.2, 0) is 17.6 Å². The summed E-state index contributed by atoms with van der Waals surface area (Å²) in [5.41, 5.74) is 2.40. The van der Waals surface area contributed by atoms with Crippen LogP contribution in [0.1, 0.15) is 58.9 Å². The molecule has 6 rings (SSSR count). The van der Waals surface area contributed by atoms with Crippen LogP contribution in [0.3, 0.4) is 0 Å². The first-order chi connectivity index (χ1) is 16.7. The van der Waals surface area contributed by atoms with E-state index in [4.69, 9.17) is 0 Å². The SMILES string of the molecule is O=C(NCC1CC1)c1c(NC(=O)C2CC2)sc2c1CC(n1cnnc1Nc1cncnc1)CC2. The van der Waals surface area contributed by atoms with Crippen molar-refractivity contribution in [1.29, 1.82) is 0 Å². The van der Waals surface area contributed by atoms with Crippen LogP contribution in [-0.4, -0.2) is 43.1 Å². The van der Waals surface area contributed by atoms with Crippen molar-refractivity contribution in [1.82, 2.24) is 30.0 Å². The predicted molar refractivity (Wildman–Crippen MR) is 127 cm³/mol. The quantitative estimate of drug-likeness (QED) is 0.454. The van der Waals surface area contributed by atoms with E-state index >= 15 is 0 Å². The molecule has 2 saturated carbocycles. The molecule has 3 aliphatic carbocycles. The summed E-state index contributed by atoms with van der Waals surface area (Å²) in [6.07, 6.45) is 13.2. The molecule has 3 heterocycles. The van der Waals surface area contributed by atoms with Gasteiger partial charge in [0.1, 0.15) is 17.7 Å². The molecule has 3 aromatic rings. The molecule has 1 atom stereocenters. The Kier molecular flexibility index (Phi) is 5.48. The summed E-state index contributed by atoms with van der Waals surface area (Å²) in [6, 6.07) is 0.0891. The molecule has 3 aromatic heterocycles. The smallest absolute Gasteiger partial charge is 0.254 e. The first kappa shape index (κ1) is 21.2. The van der Waals surface area contributed by atoms with Gasteiger partial charge >= 0.3 is 0 Å². The summed E-state index contributed by atoms with van der Waals surface area (Å²) in [5, 5.41) is 18.5. The molecule has 0 spiro atoms. The highest BCUT2D eigenvalue weighted by Crippen LogP contribution is 2.42. The Morgan fingerprint density at radius 3 is 2.71 bits per heavy atom. The summed E-state index contributed by atoms with van der Waals surface area (Å²) in [5.74, 6) is 1.23. The fourth-order valence-corrected chi connectivity index (χ4v) is 5.67. The van der Waals surface area contributed by atoms with Crippen molar-refractivity contribution < 1.29 is 9.59 Å². The van der Waals surface area contributed by atoms with Crippen molar-refractivity contribution in [3.05, 3.63) is 41.1 Å². The standard InChI is InChI=1S/C23H26N8O2S/c32-20(14-3-4-14)29-22-19(21(33)26-8-13-1-2-13)17-7-16(5-6-18(17)34-22)31-12-27-30-23(31)28-15-9-24-11-25-10-15/h9-14,16H,1-8H2,(H,26,33)(H,28,30)(H,29,32).